The average molecular weight is 181 g/mol. The van der Waals surface area contributed by atoms with Crippen molar-refractivity contribution in [3.05, 3.63) is 11.8 Å². The zero-order valence-electron chi connectivity index (χ0n) is 6.95. The average Bonchev–Trinajstić information content (AvgIpc) is 2.68. The van der Waals surface area contributed by atoms with Gasteiger partial charge in [-0.25, -0.2) is 9.97 Å². The minimum absolute atomic E-state index is 0.575. The summed E-state index contributed by atoms with van der Waals surface area (Å²) in [6.45, 7) is 1.94. The van der Waals surface area contributed by atoms with Crippen LogP contribution in [0.25, 0.3) is 0 Å². The van der Waals surface area contributed by atoms with Gasteiger partial charge in [-0.05, 0) is 19.8 Å². The van der Waals surface area contributed by atoms with Crippen molar-refractivity contribution in [1.82, 2.24) is 9.97 Å². The lowest BCUT2D eigenvalue weighted by molar-refractivity contribution is 0.940. The summed E-state index contributed by atoms with van der Waals surface area (Å²) in [6, 6.07) is 1.79. The Balaban J connectivity index is 2.18. The van der Waals surface area contributed by atoms with Gasteiger partial charge >= 0.3 is 0 Å². The highest BCUT2D eigenvalue weighted by Crippen LogP contribution is 2.37. The molecular formula is C8H11N3S. The van der Waals surface area contributed by atoms with E-state index in [1.54, 1.807) is 17.8 Å². The van der Waals surface area contributed by atoms with Crippen LogP contribution in [0.4, 0.5) is 5.82 Å². The second-order valence-electron chi connectivity index (χ2n) is 3.03. The van der Waals surface area contributed by atoms with Gasteiger partial charge in [0.2, 0.25) is 0 Å². The van der Waals surface area contributed by atoms with Gasteiger partial charge in [0.05, 0.1) is 0 Å². The number of thioether (sulfide) groups is 1. The van der Waals surface area contributed by atoms with Gasteiger partial charge in [0.1, 0.15) is 5.82 Å². The van der Waals surface area contributed by atoms with E-state index in [4.69, 9.17) is 5.73 Å². The van der Waals surface area contributed by atoms with E-state index in [1.165, 1.54) is 12.8 Å². The summed E-state index contributed by atoms with van der Waals surface area (Å²) in [4.78, 5) is 8.43. The van der Waals surface area contributed by atoms with Gasteiger partial charge in [-0.3, -0.25) is 0 Å². The first-order valence-electron chi connectivity index (χ1n) is 4.02. The molecule has 1 aliphatic carbocycles. The highest BCUT2D eigenvalue weighted by Gasteiger charge is 2.23. The molecule has 0 spiro atoms. The minimum atomic E-state index is 0.575. The summed E-state index contributed by atoms with van der Waals surface area (Å²) in [5.41, 5.74) is 6.54. The SMILES string of the molecule is Cc1cc(N)nc(SC2CC2)n1. The Labute approximate surface area is 75.8 Å². The smallest absolute Gasteiger partial charge is 0.189 e. The first-order chi connectivity index (χ1) is 5.74. The standard InChI is InChI=1S/C8H11N3S/c1-5-4-7(9)11-8(10-5)12-6-2-3-6/h4,6H,2-3H2,1H3,(H2,9,10,11). The van der Waals surface area contributed by atoms with Gasteiger partial charge in [-0.1, -0.05) is 11.8 Å². The van der Waals surface area contributed by atoms with Crippen molar-refractivity contribution >= 4 is 17.6 Å². The number of aryl methyl sites for hydroxylation is 1. The fourth-order valence-corrected chi connectivity index (χ4v) is 1.98. The Bertz CT molecular complexity index is 276. The molecular weight excluding hydrogens is 170 g/mol. The van der Waals surface area contributed by atoms with E-state index in [-0.39, 0.29) is 0 Å². The predicted octanol–water partition coefficient (Wildman–Crippen LogP) is 1.62. The van der Waals surface area contributed by atoms with Gasteiger partial charge in [0.15, 0.2) is 5.16 Å². The summed E-state index contributed by atoms with van der Waals surface area (Å²) in [5, 5.41) is 1.57. The van der Waals surface area contributed by atoms with Gasteiger partial charge < -0.3 is 5.73 Å². The number of nitrogens with two attached hydrogens (primary N) is 1. The second kappa shape index (κ2) is 2.94. The van der Waals surface area contributed by atoms with Crippen LogP contribution in [0.2, 0.25) is 0 Å². The number of anilines is 1. The van der Waals surface area contributed by atoms with Crippen LogP contribution in [0, 0.1) is 6.92 Å². The molecule has 0 atom stereocenters. The maximum Gasteiger partial charge on any atom is 0.189 e. The van der Waals surface area contributed by atoms with E-state index in [1.807, 2.05) is 6.92 Å². The Hall–Kier alpha value is -0.770. The highest BCUT2D eigenvalue weighted by atomic mass is 32.2. The fourth-order valence-electron chi connectivity index (χ4n) is 0.953. The van der Waals surface area contributed by atoms with Crippen LogP contribution >= 0.6 is 11.8 Å². The molecule has 0 aliphatic heterocycles. The molecule has 0 unspecified atom stereocenters. The summed E-state index contributed by atoms with van der Waals surface area (Å²) in [7, 11) is 0. The van der Waals surface area contributed by atoms with E-state index in [0.29, 0.717) is 5.82 Å². The summed E-state index contributed by atoms with van der Waals surface area (Å²) >= 11 is 1.74. The molecule has 4 heteroatoms. The Morgan fingerprint density at radius 2 is 2.25 bits per heavy atom. The minimum Gasteiger partial charge on any atom is -0.384 e. The zero-order valence-corrected chi connectivity index (χ0v) is 7.77. The summed E-state index contributed by atoms with van der Waals surface area (Å²) in [5.74, 6) is 0.575. The van der Waals surface area contributed by atoms with E-state index in [0.717, 1.165) is 16.1 Å². The molecule has 0 radical (unpaired) electrons. The molecule has 1 fully saturated rings. The van der Waals surface area contributed by atoms with Crippen molar-refractivity contribution < 1.29 is 0 Å². The van der Waals surface area contributed by atoms with Gasteiger partial charge in [0, 0.05) is 17.0 Å². The van der Waals surface area contributed by atoms with Crippen LogP contribution < -0.4 is 5.73 Å². The lowest BCUT2D eigenvalue weighted by Crippen LogP contribution is -1.96. The van der Waals surface area contributed by atoms with Gasteiger partial charge in [-0.15, -0.1) is 0 Å². The van der Waals surface area contributed by atoms with E-state index >= 15 is 0 Å². The Morgan fingerprint density at radius 3 is 2.83 bits per heavy atom. The molecule has 1 heterocycles. The molecule has 1 aliphatic rings. The molecule has 12 heavy (non-hydrogen) atoms. The quantitative estimate of drug-likeness (QED) is 0.704. The zero-order chi connectivity index (χ0) is 8.55. The number of nitrogens with zero attached hydrogens (tertiary/aromatic N) is 2. The van der Waals surface area contributed by atoms with Crippen LogP contribution in [-0.4, -0.2) is 15.2 Å². The van der Waals surface area contributed by atoms with Crippen molar-refractivity contribution in [2.45, 2.75) is 30.2 Å². The fraction of sp³-hybridized carbons (Fsp3) is 0.500. The third kappa shape index (κ3) is 1.88. The Morgan fingerprint density at radius 1 is 1.50 bits per heavy atom. The number of hydrogen-bond donors (Lipinski definition) is 1. The third-order valence-electron chi connectivity index (χ3n) is 1.65. The van der Waals surface area contributed by atoms with Crippen molar-refractivity contribution in [1.29, 1.82) is 0 Å². The predicted molar refractivity (Wildman–Crippen MR) is 50.1 cm³/mol. The normalized spacial score (nSPS) is 16.4. The number of rotatable bonds is 2. The maximum atomic E-state index is 5.59. The van der Waals surface area contributed by atoms with Crippen molar-refractivity contribution in [2.75, 3.05) is 5.73 Å². The van der Waals surface area contributed by atoms with Crippen molar-refractivity contribution in [2.24, 2.45) is 0 Å². The lowest BCUT2D eigenvalue weighted by Gasteiger charge is -2.00. The molecule has 3 nitrogen and oxygen atoms in total. The van der Waals surface area contributed by atoms with Crippen LogP contribution in [0.1, 0.15) is 18.5 Å². The lowest BCUT2D eigenvalue weighted by atomic mass is 10.4. The van der Waals surface area contributed by atoms with Crippen LogP contribution in [-0.2, 0) is 0 Å². The maximum absolute atomic E-state index is 5.59. The molecule has 0 amide bonds. The Kier molecular flexibility index (Phi) is 1.92. The molecule has 1 saturated carbocycles. The van der Waals surface area contributed by atoms with E-state index in [9.17, 15) is 0 Å². The van der Waals surface area contributed by atoms with E-state index < -0.39 is 0 Å². The molecule has 2 N–H and O–H groups in total. The van der Waals surface area contributed by atoms with Crippen molar-refractivity contribution in [3.8, 4) is 0 Å². The molecule has 1 aromatic heterocycles. The van der Waals surface area contributed by atoms with E-state index in [2.05, 4.69) is 9.97 Å². The monoisotopic (exact) mass is 181 g/mol. The van der Waals surface area contributed by atoms with Gasteiger partial charge in [-0.2, -0.15) is 0 Å². The van der Waals surface area contributed by atoms with Crippen LogP contribution in [0.5, 0.6) is 0 Å². The second-order valence-corrected chi connectivity index (χ2v) is 4.30. The third-order valence-corrected chi connectivity index (χ3v) is 2.85. The van der Waals surface area contributed by atoms with Crippen molar-refractivity contribution in [3.63, 3.8) is 0 Å². The molecule has 1 aromatic rings. The van der Waals surface area contributed by atoms with Crippen LogP contribution in [0.3, 0.4) is 0 Å². The summed E-state index contributed by atoms with van der Waals surface area (Å²) < 4.78 is 0. The molecule has 0 saturated heterocycles. The summed E-state index contributed by atoms with van der Waals surface area (Å²) in [6.07, 6.45) is 2.59. The molecule has 0 bridgehead atoms. The molecule has 64 valence electrons. The van der Waals surface area contributed by atoms with Gasteiger partial charge in [0.25, 0.3) is 0 Å². The first kappa shape index (κ1) is 7.86. The van der Waals surface area contributed by atoms with Crippen LogP contribution in [0.15, 0.2) is 11.2 Å². The topological polar surface area (TPSA) is 51.8 Å². The molecule has 0 aromatic carbocycles. The largest absolute Gasteiger partial charge is 0.384 e. The highest BCUT2D eigenvalue weighted by molar-refractivity contribution is 8.00. The number of aromatic nitrogens is 2. The molecule has 2 rings (SSSR count). The number of nitrogen functional groups attached to an aromatic ring is 1. The first-order valence-corrected chi connectivity index (χ1v) is 4.90. The number of hydrogen-bond acceptors (Lipinski definition) is 4.